The van der Waals surface area contributed by atoms with Crippen LogP contribution in [0.4, 0.5) is 5.69 Å². The zero-order valence-electron chi connectivity index (χ0n) is 18.2. The van der Waals surface area contributed by atoms with Crippen LogP contribution in [0.3, 0.4) is 0 Å². The summed E-state index contributed by atoms with van der Waals surface area (Å²) in [4.78, 5) is 24.0. The van der Waals surface area contributed by atoms with Crippen molar-refractivity contribution in [3.63, 3.8) is 0 Å². The Kier molecular flexibility index (Phi) is 6.53. The summed E-state index contributed by atoms with van der Waals surface area (Å²) in [5.74, 6) is 0.960. The Morgan fingerprint density at radius 1 is 1.03 bits per heavy atom. The van der Waals surface area contributed by atoms with Crippen molar-refractivity contribution in [2.24, 2.45) is 0 Å². The van der Waals surface area contributed by atoms with Gasteiger partial charge in [0.05, 0.1) is 12.8 Å². The summed E-state index contributed by atoms with van der Waals surface area (Å²) in [5, 5.41) is 3.15. The lowest BCUT2D eigenvalue weighted by Crippen LogP contribution is -2.48. The molecule has 1 aromatic heterocycles. The number of hydrogen-bond acceptors (Lipinski definition) is 6. The van der Waals surface area contributed by atoms with E-state index in [-0.39, 0.29) is 5.91 Å². The van der Waals surface area contributed by atoms with Gasteiger partial charge in [0.15, 0.2) is 0 Å². The molecule has 0 atom stereocenters. The number of amides is 1. The summed E-state index contributed by atoms with van der Waals surface area (Å²) in [6.45, 7) is 4.01. The first-order chi connectivity index (χ1) is 15.0. The number of aromatic nitrogens is 1. The van der Waals surface area contributed by atoms with Gasteiger partial charge >= 0.3 is 0 Å². The molecule has 3 aromatic rings. The Balaban J connectivity index is 1.31. The third-order valence-corrected chi connectivity index (χ3v) is 6.50. The molecule has 1 saturated heterocycles. The summed E-state index contributed by atoms with van der Waals surface area (Å²) >= 11 is 1.66. The first-order valence-corrected chi connectivity index (χ1v) is 11.3. The molecule has 0 bridgehead atoms. The molecule has 0 unspecified atom stereocenters. The number of methoxy groups -OCH3 is 1. The maximum absolute atomic E-state index is 12.8. The maximum atomic E-state index is 12.8. The Bertz CT molecular complexity index is 1010. The van der Waals surface area contributed by atoms with Gasteiger partial charge in [-0.2, -0.15) is 0 Å². The van der Waals surface area contributed by atoms with Gasteiger partial charge in [0.2, 0.25) is 0 Å². The van der Waals surface area contributed by atoms with Gasteiger partial charge in [-0.1, -0.05) is 0 Å². The first kappa shape index (κ1) is 21.3. The minimum absolute atomic E-state index is 0.111. The standard InChI is InChI=1S/C24H28N4O2S/c1-26(2)21-8-4-19(5-9-21)24(29)28-14-12-27(13-15-28)16-20-17-31-23(25-20)18-6-10-22(30-3)11-7-18/h4-11,17H,12-16H2,1-3H3. The molecule has 1 aliphatic rings. The average Bonchev–Trinajstić information content (AvgIpc) is 3.27. The minimum atomic E-state index is 0.111. The topological polar surface area (TPSA) is 48.9 Å². The van der Waals surface area contributed by atoms with Crippen LogP contribution in [-0.4, -0.2) is 68.1 Å². The number of thiazole rings is 1. The highest BCUT2D eigenvalue weighted by atomic mass is 32.1. The molecule has 2 heterocycles. The SMILES string of the molecule is COc1ccc(-c2nc(CN3CCN(C(=O)c4ccc(N(C)C)cc4)CC3)cs2)cc1. The monoisotopic (exact) mass is 436 g/mol. The number of nitrogens with zero attached hydrogens (tertiary/aromatic N) is 4. The molecule has 31 heavy (non-hydrogen) atoms. The molecule has 0 radical (unpaired) electrons. The second-order valence-corrected chi connectivity index (χ2v) is 8.74. The largest absolute Gasteiger partial charge is 0.497 e. The lowest BCUT2D eigenvalue weighted by atomic mass is 10.1. The number of ether oxygens (including phenoxy) is 1. The Morgan fingerprint density at radius 2 is 1.71 bits per heavy atom. The molecule has 1 fully saturated rings. The van der Waals surface area contributed by atoms with Crippen LogP contribution in [0, 0.1) is 0 Å². The number of piperazine rings is 1. The number of anilines is 1. The van der Waals surface area contributed by atoms with E-state index in [2.05, 4.69) is 10.3 Å². The summed E-state index contributed by atoms with van der Waals surface area (Å²) in [6.07, 6.45) is 0. The zero-order chi connectivity index (χ0) is 21.8. The maximum Gasteiger partial charge on any atom is 0.253 e. The van der Waals surface area contributed by atoms with E-state index in [1.54, 1.807) is 18.4 Å². The van der Waals surface area contributed by atoms with E-state index in [4.69, 9.17) is 9.72 Å². The molecule has 7 heteroatoms. The van der Waals surface area contributed by atoms with Crippen molar-refractivity contribution in [3.05, 3.63) is 65.2 Å². The van der Waals surface area contributed by atoms with Crippen LogP contribution in [0.2, 0.25) is 0 Å². The molecule has 1 amide bonds. The molecule has 6 nitrogen and oxygen atoms in total. The van der Waals surface area contributed by atoms with Crippen LogP contribution in [0.5, 0.6) is 5.75 Å². The van der Waals surface area contributed by atoms with E-state index in [1.165, 1.54) is 0 Å². The number of benzene rings is 2. The van der Waals surface area contributed by atoms with Gasteiger partial charge in [-0.05, 0) is 48.5 Å². The third kappa shape index (κ3) is 5.06. The van der Waals surface area contributed by atoms with Gasteiger partial charge in [0.25, 0.3) is 5.91 Å². The van der Waals surface area contributed by atoms with Crippen molar-refractivity contribution >= 4 is 22.9 Å². The summed E-state index contributed by atoms with van der Waals surface area (Å²) in [6, 6.07) is 15.8. The fourth-order valence-corrected chi connectivity index (χ4v) is 4.49. The van der Waals surface area contributed by atoms with Crippen LogP contribution in [0.15, 0.2) is 53.9 Å². The molecular weight excluding hydrogens is 408 g/mol. The predicted octanol–water partition coefficient (Wildman–Crippen LogP) is 3.84. The van der Waals surface area contributed by atoms with Crippen molar-refractivity contribution in [2.45, 2.75) is 6.54 Å². The highest BCUT2D eigenvalue weighted by Gasteiger charge is 2.22. The van der Waals surface area contributed by atoms with Gasteiger partial charge in [-0.25, -0.2) is 4.98 Å². The zero-order valence-corrected chi connectivity index (χ0v) is 19.1. The highest BCUT2D eigenvalue weighted by Crippen LogP contribution is 2.26. The fraction of sp³-hybridized carbons (Fsp3) is 0.333. The van der Waals surface area contributed by atoms with Crippen LogP contribution in [0.25, 0.3) is 10.6 Å². The van der Waals surface area contributed by atoms with Crippen LogP contribution in [0.1, 0.15) is 16.1 Å². The highest BCUT2D eigenvalue weighted by molar-refractivity contribution is 7.13. The van der Waals surface area contributed by atoms with Gasteiger partial charge in [-0.15, -0.1) is 11.3 Å². The van der Waals surface area contributed by atoms with Crippen LogP contribution < -0.4 is 9.64 Å². The van der Waals surface area contributed by atoms with E-state index < -0.39 is 0 Å². The van der Waals surface area contributed by atoms with E-state index in [9.17, 15) is 4.79 Å². The molecule has 0 N–H and O–H groups in total. The Labute approximate surface area is 187 Å². The van der Waals surface area contributed by atoms with Gasteiger partial charge < -0.3 is 14.5 Å². The van der Waals surface area contributed by atoms with Crippen LogP contribution in [-0.2, 0) is 6.54 Å². The lowest BCUT2D eigenvalue weighted by molar-refractivity contribution is 0.0627. The first-order valence-electron chi connectivity index (χ1n) is 10.4. The van der Waals surface area contributed by atoms with E-state index in [1.807, 2.05) is 72.4 Å². The Hall–Kier alpha value is -2.90. The molecule has 0 aliphatic carbocycles. The summed E-state index contributed by atoms with van der Waals surface area (Å²) in [7, 11) is 5.67. The molecule has 2 aromatic carbocycles. The number of carbonyl (C=O) groups is 1. The molecule has 0 spiro atoms. The Morgan fingerprint density at radius 3 is 2.32 bits per heavy atom. The van der Waals surface area contributed by atoms with Gasteiger partial charge in [0.1, 0.15) is 10.8 Å². The van der Waals surface area contributed by atoms with Crippen molar-refractivity contribution in [2.75, 3.05) is 52.3 Å². The van der Waals surface area contributed by atoms with Gasteiger partial charge in [0, 0.05) is 69.0 Å². The number of rotatable bonds is 6. The molecule has 0 saturated carbocycles. The normalized spacial score (nSPS) is 14.5. The van der Waals surface area contributed by atoms with E-state index in [0.29, 0.717) is 0 Å². The summed E-state index contributed by atoms with van der Waals surface area (Å²) < 4.78 is 5.23. The lowest BCUT2D eigenvalue weighted by Gasteiger charge is -2.34. The predicted molar refractivity (Wildman–Crippen MR) is 126 cm³/mol. The quantitative estimate of drug-likeness (QED) is 0.588. The minimum Gasteiger partial charge on any atom is -0.497 e. The second kappa shape index (κ2) is 9.49. The van der Waals surface area contributed by atoms with Crippen molar-refractivity contribution in [1.29, 1.82) is 0 Å². The molecule has 162 valence electrons. The van der Waals surface area contributed by atoms with Crippen molar-refractivity contribution < 1.29 is 9.53 Å². The summed E-state index contributed by atoms with van der Waals surface area (Å²) in [5.41, 5.74) is 4.03. The molecular formula is C24H28N4O2S. The van der Waals surface area contributed by atoms with Crippen LogP contribution >= 0.6 is 11.3 Å². The van der Waals surface area contributed by atoms with E-state index in [0.717, 1.165) is 66.0 Å². The molecule has 1 aliphatic heterocycles. The third-order valence-electron chi connectivity index (χ3n) is 5.56. The van der Waals surface area contributed by atoms with Gasteiger partial charge in [-0.3, -0.25) is 9.69 Å². The second-order valence-electron chi connectivity index (χ2n) is 7.88. The average molecular weight is 437 g/mol. The number of carbonyl (C=O) groups excluding carboxylic acids is 1. The number of hydrogen-bond donors (Lipinski definition) is 0. The van der Waals surface area contributed by atoms with E-state index >= 15 is 0 Å². The smallest absolute Gasteiger partial charge is 0.253 e. The fourth-order valence-electron chi connectivity index (χ4n) is 3.67. The molecule has 4 rings (SSSR count). The van der Waals surface area contributed by atoms with Crippen molar-refractivity contribution in [1.82, 2.24) is 14.8 Å². The van der Waals surface area contributed by atoms with Crippen molar-refractivity contribution in [3.8, 4) is 16.3 Å².